The van der Waals surface area contributed by atoms with Crippen molar-refractivity contribution >= 4 is 29.3 Å². The van der Waals surface area contributed by atoms with Crippen LogP contribution in [0.15, 0.2) is 18.2 Å². The summed E-state index contributed by atoms with van der Waals surface area (Å²) in [6.45, 7) is 3.51. The summed E-state index contributed by atoms with van der Waals surface area (Å²) < 4.78 is 0. The van der Waals surface area contributed by atoms with Gasteiger partial charge in [0.05, 0.1) is 17.1 Å². The number of amides is 2. The molecule has 0 radical (unpaired) electrons. The number of urea groups is 1. The third-order valence-electron chi connectivity index (χ3n) is 2.23. The molecule has 18 heavy (non-hydrogen) atoms. The highest BCUT2D eigenvalue weighted by Crippen LogP contribution is 2.22. The number of benzene rings is 1. The predicted octanol–water partition coefficient (Wildman–Crippen LogP) is 2.63. The molecule has 0 saturated carbocycles. The molecule has 0 heterocycles. The highest BCUT2D eigenvalue weighted by atomic mass is 35.5. The van der Waals surface area contributed by atoms with Crippen LogP contribution in [0.1, 0.15) is 18.9 Å². The molecule has 98 valence electrons. The maximum Gasteiger partial charge on any atom is 0.319 e. The van der Waals surface area contributed by atoms with Crippen LogP contribution < -0.4 is 10.6 Å². The second-order valence-corrected chi connectivity index (χ2v) is 4.49. The molecule has 1 aromatic carbocycles. The molecule has 2 amide bonds. The van der Waals surface area contributed by atoms with Crippen molar-refractivity contribution in [2.75, 3.05) is 5.32 Å². The van der Waals surface area contributed by atoms with Crippen molar-refractivity contribution in [3.05, 3.63) is 28.8 Å². The van der Waals surface area contributed by atoms with Gasteiger partial charge in [0.2, 0.25) is 0 Å². The van der Waals surface area contributed by atoms with Crippen LogP contribution in [-0.4, -0.2) is 23.1 Å². The lowest BCUT2D eigenvalue weighted by Gasteiger charge is -2.13. The SMILES string of the molecule is Cc1ccc(NC(=O)NC(C)CC(=O)O)c(Cl)c1. The summed E-state index contributed by atoms with van der Waals surface area (Å²) in [6, 6.07) is 4.32. The molecule has 1 unspecified atom stereocenters. The number of carboxylic acids is 1. The minimum absolute atomic E-state index is 0.130. The van der Waals surface area contributed by atoms with E-state index >= 15 is 0 Å². The summed E-state index contributed by atoms with van der Waals surface area (Å²) in [5.74, 6) is -0.962. The van der Waals surface area contributed by atoms with Gasteiger partial charge in [0.1, 0.15) is 0 Å². The zero-order valence-corrected chi connectivity index (χ0v) is 10.9. The Labute approximate surface area is 110 Å². The quantitative estimate of drug-likeness (QED) is 0.787. The minimum atomic E-state index is -0.962. The van der Waals surface area contributed by atoms with E-state index in [9.17, 15) is 9.59 Å². The van der Waals surface area contributed by atoms with Crippen LogP contribution in [0.3, 0.4) is 0 Å². The number of halogens is 1. The maximum absolute atomic E-state index is 11.6. The van der Waals surface area contributed by atoms with Crippen LogP contribution in [-0.2, 0) is 4.79 Å². The largest absolute Gasteiger partial charge is 0.481 e. The van der Waals surface area contributed by atoms with Gasteiger partial charge in [-0.15, -0.1) is 0 Å². The normalized spacial score (nSPS) is 11.7. The third kappa shape index (κ3) is 4.63. The highest BCUT2D eigenvalue weighted by Gasteiger charge is 2.11. The minimum Gasteiger partial charge on any atom is -0.481 e. The van der Waals surface area contributed by atoms with E-state index in [2.05, 4.69) is 10.6 Å². The average molecular weight is 271 g/mol. The summed E-state index contributed by atoms with van der Waals surface area (Å²) in [5, 5.41) is 14.1. The number of hydrogen-bond acceptors (Lipinski definition) is 2. The second kappa shape index (κ2) is 6.26. The molecule has 0 aliphatic rings. The summed E-state index contributed by atoms with van der Waals surface area (Å²) in [6.07, 6.45) is -0.130. The van der Waals surface area contributed by atoms with E-state index in [0.29, 0.717) is 10.7 Å². The number of carboxylic acid groups (broad SMARTS) is 1. The van der Waals surface area contributed by atoms with Crippen molar-refractivity contribution in [3.8, 4) is 0 Å². The van der Waals surface area contributed by atoms with Crippen molar-refractivity contribution < 1.29 is 14.7 Å². The van der Waals surface area contributed by atoms with Gasteiger partial charge in [0, 0.05) is 6.04 Å². The van der Waals surface area contributed by atoms with Crippen molar-refractivity contribution in [1.82, 2.24) is 5.32 Å². The van der Waals surface area contributed by atoms with Crippen LogP contribution >= 0.6 is 11.6 Å². The van der Waals surface area contributed by atoms with Gasteiger partial charge in [-0.2, -0.15) is 0 Å². The zero-order valence-electron chi connectivity index (χ0n) is 10.2. The Balaban J connectivity index is 2.56. The van der Waals surface area contributed by atoms with Gasteiger partial charge in [-0.05, 0) is 31.5 Å². The van der Waals surface area contributed by atoms with Gasteiger partial charge in [-0.1, -0.05) is 17.7 Å². The van der Waals surface area contributed by atoms with Crippen LogP contribution in [0.25, 0.3) is 0 Å². The molecule has 0 aromatic heterocycles. The van der Waals surface area contributed by atoms with E-state index in [1.54, 1.807) is 19.1 Å². The van der Waals surface area contributed by atoms with E-state index < -0.39 is 18.0 Å². The molecule has 5 nitrogen and oxygen atoms in total. The fraction of sp³-hybridized carbons (Fsp3) is 0.333. The van der Waals surface area contributed by atoms with Gasteiger partial charge in [0.25, 0.3) is 0 Å². The van der Waals surface area contributed by atoms with Crippen LogP contribution in [0.5, 0.6) is 0 Å². The molecule has 0 aliphatic heterocycles. The Morgan fingerprint density at radius 3 is 2.67 bits per heavy atom. The molecule has 0 saturated heterocycles. The number of carbonyl (C=O) groups is 2. The molecule has 0 aliphatic carbocycles. The third-order valence-corrected chi connectivity index (χ3v) is 2.54. The average Bonchev–Trinajstić information content (AvgIpc) is 2.20. The van der Waals surface area contributed by atoms with Crippen molar-refractivity contribution in [3.63, 3.8) is 0 Å². The molecule has 6 heteroatoms. The Morgan fingerprint density at radius 1 is 1.44 bits per heavy atom. The zero-order chi connectivity index (χ0) is 13.7. The first-order valence-electron chi connectivity index (χ1n) is 5.44. The van der Waals surface area contributed by atoms with Crippen molar-refractivity contribution in [1.29, 1.82) is 0 Å². The topological polar surface area (TPSA) is 78.4 Å². The summed E-state index contributed by atoms with van der Waals surface area (Å²) in [4.78, 5) is 22.0. The lowest BCUT2D eigenvalue weighted by Crippen LogP contribution is -2.37. The summed E-state index contributed by atoms with van der Waals surface area (Å²) in [7, 11) is 0. The summed E-state index contributed by atoms with van der Waals surface area (Å²) >= 11 is 5.96. The lowest BCUT2D eigenvalue weighted by molar-refractivity contribution is -0.137. The van der Waals surface area contributed by atoms with Crippen molar-refractivity contribution in [2.24, 2.45) is 0 Å². The van der Waals surface area contributed by atoms with Gasteiger partial charge < -0.3 is 15.7 Å². The first-order chi connectivity index (χ1) is 8.38. The molecule has 0 spiro atoms. The number of aryl methyl sites for hydroxylation is 1. The number of anilines is 1. The number of aliphatic carboxylic acids is 1. The fourth-order valence-corrected chi connectivity index (χ4v) is 1.70. The Bertz CT molecular complexity index is 463. The summed E-state index contributed by atoms with van der Waals surface area (Å²) in [5.41, 5.74) is 1.48. The highest BCUT2D eigenvalue weighted by molar-refractivity contribution is 6.33. The number of hydrogen-bond donors (Lipinski definition) is 3. The lowest BCUT2D eigenvalue weighted by atomic mass is 10.2. The van der Waals surface area contributed by atoms with Crippen molar-refractivity contribution in [2.45, 2.75) is 26.3 Å². The smallest absolute Gasteiger partial charge is 0.319 e. The number of carbonyl (C=O) groups excluding carboxylic acids is 1. The Hall–Kier alpha value is -1.75. The van der Waals surface area contributed by atoms with Gasteiger partial charge in [-0.25, -0.2) is 4.79 Å². The van der Waals surface area contributed by atoms with Crippen LogP contribution in [0, 0.1) is 6.92 Å². The van der Waals surface area contributed by atoms with E-state index in [1.807, 2.05) is 13.0 Å². The molecular formula is C12H15ClN2O3. The van der Waals surface area contributed by atoms with E-state index in [-0.39, 0.29) is 6.42 Å². The monoisotopic (exact) mass is 270 g/mol. The number of nitrogens with one attached hydrogen (secondary N) is 2. The second-order valence-electron chi connectivity index (χ2n) is 4.08. The maximum atomic E-state index is 11.6. The molecule has 3 N–H and O–H groups in total. The molecule has 0 bridgehead atoms. The predicted molar refractivity (Wildman–Crippen MR) is 70.1 cm³/mol. The van der Waals surface area contributed by atoms with E-state index in [1.165, 1.54) is 0 Å². The van der Waals surface area contributed by atoms with Gasteiger partial charge >= 0.3 is 12.0 Å². The van der Waals surface area contributed by atoms with E-state index in [4.69, 9.17) is 16.7 Å². The molecule has 0 fully saturated rings. The van der Waals surface area contributed by atoms with Gasteiger partial charge in [-0.3, -0.25) is 4.79 Å². The first-order valence-corrected chi connectivity index (χ1v) is 5.81. The van der Waals surface area contributed by atoms with Crippen LogP contribution in [0.2, 0.25) is 5.02 Å². The first kappa shape index (κ1) is 14.3. The molecule has 1 rings (SSSR count). The van der Waals surface area contributed by atoms with Gasteiger partial charge in [0.15, 0.2) is 0 Å². The fourth-order valence-electron chi connectivity index (χ4n) is 1.42. The molecule has 1 aromatic rings. The Kier molecular flexibility index (Phi) is 4.97. The van der Waals surface area contributed by atoms with Crippen LogP contribution in [0.4, 0.5) is 10.5 Å². The molecule has 1 atom stereocenters. The molecular weight excluding hydrogens is 256 g/mol. The van der Waals surface area contributed by atoms with E-state index in [0.717, 1.165) is 5.56 Å². The standard InChI is InChI=1S/C12H15ClN2O3/c1-7-3-4-10(9(13)5-7)15-12(18)14-8(2)6-11(16)17/h3-5,8H,6H2,1-2H3,(H,16,17)(H2,14,15,18). The Morgan fingerprint density at radius 2 is 2.11 bits per heavy atom. The number of rotatable bonds is 4.